The second kappa shape index (κ2) is 7.16. The average Bonchev–Trinajstić information content (AvgIpc) is 2.54. The van der Waals surface area contributed by atoms with Gasteiger partial charge in [-0.2, -0.15) is 0 Å². The summed E-state index contributed by atoms with van der Waals surface area (Å²) in [4.78, 5) is 2.10. The van der Waals surface area contributed by atoms with Crippen LogP contribution in [0.4, 0.5) is 0 Å². The highest BCUT2D eigenvalue weighted by atomic mass is 16.5. The molecule has 3 heteroatoms. The van der Waals surface area contributed by atoms with E-state index in [0.29, 0.717) is 0 Å². The normalized spacial score (nSPS) is 15.3. The summed E-state index contributed by atoms with van der Waals surface area (Å²) in [6.45, 7) is 4.93. The van der Waals surface area contributed by atoms with Crippen LogP contribution in [0.5, 0.6) is 5.75 Å². The maximum atomic E-state index is 11.7. The van der Waals surface area contributed by atoms with Gasteiger partial charge in [-0.1, -0.05) is 48.9 Å². The zero-order valence-electron chi connectivity index (χ0n) is 14.7. The van der Waals surface area contributed by atoms with Gasteiger partial charge in [-0.3, -0.25) is 0 Å². The number of rotatable bonds is 6. The van der Waals surface area contributed by atoms with Crippen molar-refractivity contribution in [3.05, 3.63) is 65.2 Å². The van der Waals surface area contributed by atoms with Crippen LogP contribution in [0.2, 0.25) is 0 Å². The Morgan fingerprint density at radius 3 is 1.91 bits per heavy atom. The Kier molecular flexibility index (Phi) is 5.45. The predicted octanol–water partition coefficient (Wildman–Crippen LogP) is 3.44. The number of methoxy groups -OCH3 is 1. The summed E-state index contributed by atoms with van der Waals surface area (Å²) in [6, 6.07) is 15.8. The van der Waals surface area contributed by atoms with E-state index in [0.717, 1.165) is 23.4 Å². The zero-order valence-corrected chi connectivity index (χ0v) is 14.7. The van der Waals surface area contributed by atoms with E-state index < -0.39 is 5.60 Å². The van der Waals surface area contributed by atoms with E-state index in [1.807, 2.05) is 62.6 Å². The highest BCUT2D eigenvalue weighted by Crippen LogP contribution is 2.37. The molecule has 124 valence electrons. The lowest BCUT2D eigenvalue weighted by atomic mass is 9.76. The Morgan fingerprint density at radius 1 is 1.00 bits per heavy atom. The summed E-state index contributed by atoms with van der Waals surface area (Å²) >= 11 is 0. The number of ether oxygens (including phenoxy) is 1. The van der Waals surface area contributed by atoms with Gasteiger partial charge in [0.05, 0.1) is 7.11 Å². The molecular weight excluding hydrogens is 286 g/mol. The standard InChI is InChI=1S/C20H27NO2/c1-15-6-8-17(9-7-15)20(22,16(2)14-21(3)4)18-10-12-19(23-5)13-11-18/h6-13,16,22H,14H2,1-5H3/t16-,20-/m0/s1. The number of hydrogen-bond donors (Lipinski definition) is 1. The van der Waals surface area contributed by atoms with Crippen molar-refractivity contribution >= 4 is 0 Å². The average molecular weight is 313 g/mol. The lowest BCUT2D eigenvalue weighted by Crippen LogP contribution is -2.40. The van der Waals surface area contributed by atoms with Crippen molar-refractivity contribution in [2.45, 2.75) is 19.4 Å². The van der Waals surface area contributed by atoms with E-state index in [4.69, 9.17) is 4.74 Å². The lowest BCUT2D eigenvalue weighted by molar-refractivity contribution is 0.0134. The van der Waals surface area contributed by atoms with Gasteiger partial charge in [0.1, 0.15) is 11.4 Å². The van der Waals surface area contributed by atoms with Crippen molar-refractivity contribution in [1.82, 2.24) is 4.90 Å². The van der Waals surface area contributed by atoms with Gasteiger partial charge in [0.15, 0.2) is 0 Å². The van der Waals surface area contributed by atoms with E-state index in [9.17, 15) is 5.11 Å². The predicted molar refractivity (Wildman–Crippen MR) is 94.9 cm³/mol. The third kappa shape index (κ3) is 3.74. The Bertz CT molecular complexity index is 619. The third-order valence-corrected chi connectivity index (χ3v) is 4.37. The molecule has 0 aliphatic carbocycles. The monoisotopic (exact) mass is 313 g/mol. The Morgan fingerprint density at radius 2 is 1.48 bits per heavy atom. The summed E-state index contributed by atoms with van der Waals surface area (Å²) < 4.78 is 5.24. The SMILES string of the molecule is COc1ccc([C@@](O)(c2ccc(C)cc2)[C@@H](C)CN(C)C)cc1. The van der Waals surface area contributed by atoms with E-state index >= 15 is 0 Å². The van der Waals surface area contributed by atoms with Gasteiger partial charge in [0, 0.05) is 12.5 Å². The van der Waals surface area contributed by atoms with Crippen molar-refractivity contribution in [1.29, 1.82) is 0 Å². The molecule has 0 amide bonds. The van der Waals surface area contributed by atoms with Crippen LogP contribution in [0, 0.1) is 12.8 Å². The van der Waals surface area contributed by atoms with Crippen molar-refractivity contribution in [3.63, 3.8) is 0 Å². The van der Waals surface area contributed by atoms with Crippen LogP contribution in [-0.4, -0.2) is 37.8 Å². The Labute approximate surface area is 139 Å². The second-order valence-electron chi connectivity index (χ2n) is 6.52. The number of nitrogens with zero attached hydrogens (tertiary/aromatic N) is 1. The van der Waals surface area contributed by atoms with Gasteiger partial charge in [-0.15, -0.1) is 0 Å². The fourth-order valence-electron chi connectivity index (χ4n) is 3.07. The number of aryl methyl sites for hydroxylation is 1. The molecule has 0 aromatic heterocycles. The Hall–Kier alpha value is -1.84. The minimum atomic E-state index is -1.04. The maximum absolute atomic E-state index is 11.7. The van der Waals surface area contributed by atoms with Gasteiger partial charge in [-0.25, -0.2) is 0 Å². The smallest absolute Gasteiger partial charge is 0.118 e. The van der Waals surface area contributed by atoms with Crippen molar-refractivity contribution < 1.29 is 9.84 Å². The summed E-state index contributed by atoms with van der Waals surface area (Å²) in [5.41, 5.74) is 1.95. The maximum Gasteiger partial charge on any atom is 0.118 e. The van der Waals surface area contributed by atoms with Crippen LogP contribution >= 0.6 is 0 Å². The summed E-state index contributed by atoms with van der Waals surface area (Å²) in [7, 11) is 5.70. The molecule has 0 aliphatic heterocycles. The van der Waals surface area contributed by atoms with Gasteiger partial charge in [0.2, 0.25) is 0 Å². The minimum absolute atomic E-state index is 0.0357. The number of benzene rings is 2. The van der Waals surface area contributed by atoms with E-state index in [1.54, 1.807) is 7.11 Å². The van der Waals surface area contributed by atoms with E-state index in [1.165, 1.54) is 5.56 Å². The first-order valence-electron chi connectivity index (χ1n) is 7.96. The van der Waals surface area contributed by atoms with Crippen LogP contribution in [0.25, 0.3) is 0 Å². The molecular formula is C20H27NO2. The van der Waals surface area contributed by atoms with Crippen LogP contribution in [-0.2, 0) is 5.60 Å². The first kappa shape index (κ1) is 17.5. The van der Waals surface area contributed by atoms with Crippen molar-refractivity contribution in [2.75, 3.05) is 27.7 Å². The molecule has 0 fully saturated rings. The summed E-state index contributed by atoms with van der Waals surface area (Å²) in [5.74, 6) is 0.828. The third-order valence-electron chi connectivity index (χ3n) is 4.37. The minimum Gasteiger partial charge on any atom is -0.497 e. The topological polar surface area (TPSA) is 32.7 Å². The van der Waals surface area contributed by atoms with Crippen LogP contribution < -0.4 is 4.74 Å². The molecule has 2 atom stereocenters. The molecule has 0 spiro atoms. The van der Waals surface area contributed by atoms with Crippen LogP contribution in [0.3, 0.4) is 0 Å². The highest BCUT2D eigenvalue weighted by molar-refractivity contribution is 5.40. The van der Waals surface area contributed by atoms with E-state index in [2.05, 4.69) is 18.7 Å². The molecule has 1 N–H and O–H groups in total. The molecule has 0 saturated carbocycles. The summed E-state index contributed by atoms with van der Waals surface area (Å²) in [6.07, 6.45) is 0. The van der Waals surface area contributed by atoms with E-state index in [-0.39, 0.29) is 5.92 Å². The molecule has 0 aliphatic rings. The molecule has 2 rings (SSSR count). The largest absolute Gasteiger partial charge is 0.497 e. The van der Waals surface area contributed by atoms with Gasteiger partial charge >= 0.3 is 0 Å². The number of aliphatic hydroxyl groups is 1. The van der Waals surface area contributed by atoms with Gasteiger partial charge in [0.25, 0.3) is 0 Å². The second-order valence-corrected chi connectivity index (χ2v) is 6.52. The molecule has 0 saturated heterocycles. The molecule has 2 aromatic rings. The highest BCUT2D eigenvalue weighted by Gasteiger charge is 2.37. The molecule has 2 aromatic carbocycles. The molecule has 3 nitrogen and oxygen atoms in total. The lowest BCUT2D eigenvalue weighted by Gasteiger charge is -2.37. The Balaban J connectivity index is 2.50. The fraction of sp³-hybridized carbons (Fsp3) is 0.400. The first-order chi connectivity index (χ1) is 10.9. The number of hydrogen-bond acceptors (Lipinski definition) is 3. The zero-order chi connectivity index (χ0) is 17.0. The van der Waals surface area contributed by atoms with Crippen molar-refractivity contribution in [3.8, 4) is 5.75 Å². The molecule has 0 heterocycles. The van der Waals surface area contributed by atoms with Crippen LogP contribution in [0.1, 0.15) is 23.6 Å². The van der Waals surface area contributed by atoms with Crippen LogP contribution in [0.15, 0.2) is 48.5 Å². The molecule has 0 bridgehead atoms. The molecule has 0 unspecified atom stereocenters. The molecule has 0 radical (unpaired) electrons. The summed E-state index contributed by atoms with van der Waals surface area (Å²) in [5, 5.41) is 11.7. The van der Waals surface area contributed by atoms with Crippen molar-refractivity contribution in [2.24, 2.45) is 5.92 Å². The molecule has 23 heavy (non-hydrogen) atoms. The van der Waals surface area contributed by atoms with Gasteiger partial charge < -0.3 is 14.7 Å². The first-order valence-corrected chi connectivity index (χ1v) is 7.96. The van der Waals surface area contributed by atoms with Gasteiger partial charge in [-0.05, 0) is 44.3 Å². The quantitative estimate of drug-likeness (QED) is 0.887. The fourth-order valence-corrected chi connectivity index (χ4v) is 3.07.